The van der Waals surface area contributed by atoms with Crippen LogP contribution in [0.5, 0.6) is 0 Å². The number of thioether (sulfide) groups is 1. The van der Waals surface area contributed by atoms with Gasteiger partial charge in [-0.15, -0.1) is 0 Å². The van der Waals surface area contributed by atoms with Crippen LogP contribution in [0.4, 0.5) is 5.69 Å². The van der Waals surface area contributed by atoms with Gasteiger partial charge in [-0.3, -0.25) is 14.5 Å². The minimum atomic E-state index is -0.114. The summed E-state index contributed by atoms with van der Waals surface area (Å²) in [6, 6.07) is 15.3. The third-order valence-corrected chi connectivity index (χ3v) is 7.49. The van der Waals surface area contributed by atoms with E-state index in [1.807, 2.05) is 41.3 Å². The number of aryl methyl sites for hydroxylation is 1. The van der Waals surface area contributed by atoms with Gasteiger partial charge in [0.25, 0.3) is 5.91 Å². The van der Waals surface area contributed by atoms with E-state index in [1.165, 1.54) is 28.5 Å². The molecule has 2 aromatic rings. The normalized spacial score (nSPS) is 21.2. The molecule has 6 heteroatoms. The Morgan fingerprint density at radius 3 is 2.82 bits per heavy atom. The van der Waals surface area contributed by atoms with E-state index in [4.69, 9.17) is 4.99 Å². The van der Waals surface area contributed by atoms with Crippen molar-refractivity contribution < 1.29 is 11.0 Å². The molecule has 2 aliphatic carbocycles. The number of amides is 2. The topological polar surface area (TPSA) is 61.8 Å². The SMILES string of the molecule is O=C(Nc1ccc2c(c1)CCC1=C2N=C2SCC(=O)N2C1C1=CCCC=C1)c1ccccc1.[HH]. The summed E-state index contributed by atoms with van der Waals surface area (Å²) >= 11 is 1.53. The van der Waals surface area contributed by atoms with Crippen LogP contribution in [0.1, 0.15) is 42.2 Å². The van der Waals surface area contributed by atoms with Gasteiger partial charge in [-0.2, -0.15) is 0 Å². The molecular formula is C27H25N3O2S. The number of allylic oxidation sites excluding steroid dienone is 2. The van der Waals surface area contributed by atoms with Crippen LogP contribution in [0.3, 0.4) is 0 Å². The van der Waals surface area contributed by atoms with E-state index in [2.05, 4.69) is 35.7 Å². The predicted molar refractivity (Wildman–Crippen MR) is 135 cm³/mol. The first-order valence-electron chi connectivity index (χ1n) is 11.3. The lowest BCUT2D eigenvalue weighted by Crippen LogP contribution is -2.45. The smallest absolute Gasteiger partial charge is 0.255 e. The van der Waals surface area contributed by atoms with Crippen molar-refractivity contribution in [2.24, 2.45) is 4.99 Å². The molecule has 33 heavy (non-hydrogen) atoms. The number of carbonyl (C=O) groups excluding carboxylic acids is 2. The first kappa shape index (κ1) is 20.2. The third-order valence-electron chi connectivity index (χ3n) is 6.56. The highest BCUT2D eigenvalue weighted by atomic mass is 32.2. The Hall–Kier alpha value is -3.38. The van der Waals surface area contributed by atoms with E-state index >= 15 is 0 Å². The van der Waals surface area contributed by atoms with Gasteiger partial charge in [0.2, 0.25) is 5.91 Å². The molecule has 0 saturated carbocycles. The summed E-state index contributed by atoms with van der Waals surface area (Å²) in [5, 5.41) is 3.82. The predicted octanol–water partition coefficient (Wildman–Crippen LogP) is 5.43. The highest BCUT2D eigenvalue weighted by molar-refractivity contribution is 8.15. The molecule has 2 heterocycles. The molecule has 2 amide bonds. The van der Waals surface area contributed by atoms with Crippen LogP contribution < -0.4 is 5.32 Å². The fraction of sp³-hybridized carbons (Fsp3) is 0.222. The standard InChI is InChI=1S/C27H23N3O2S.H2/c31-23-16-33-27-29-24-21-14-12-20(28-26(32)18-9-5-2-6-10-18)15-19(21)11-13-22(24)25(30(23)27)17-7-3-1-4-8-17;/h2-3,5-10,12,14-15,25H,1,4,11,13,16H2,(H,28,32);1H. The van der Waals surface area contributed by atoms with E-state index in [0.717, 1.165) is 47.8 Å². The number of fused-ring (bicyclic) bond motifs is 3. The minimum absolute atomic E-state index is 0. The molecule has 1 N–H and O–H groups in total. The molecule has 0 bridgehead atoms. The zero-order chi connectivity index (χ0) is 22.4. The summed E-state index contributed by atoms with van der Waals surface area (Å²) in [7, 11) is 0. The van der Waals surface area contributed by atoms with Crippen LogP contribution >= 0.6 is 11.8 Å². The molecule has 1 saturated heterocycles. The van der Waals surface area contributed by atoms with Crippen molar-refractivity contribution in [3.05, 3.63) is 94.6 Å². The third kappa shape index (κ3) is 3.55. The van der Waals surface area contributed by atoms with E-state index in [-0.39, 0.29) is 19.3 Å². The average Bonchev–Trinajstić information content (AvgIpc) is 3.23. The Morgan fingerprint density at radius 1 is 1.12 bits per heavy atom. The van der Waals surface area contributed by atoms with Crippen molar-refractivity contribution in [1.82, 2.24) is 4.90 Å². The molecular weight excluding hydrogens is 430 g/mol. The molecule has 166 valence electrons. The van der Waals surface area contributed by atoms with Gasteiger partial charge in [0.05, 0.1) is 17.5 Å². The number of hydrogen-bond acceptors (Lipinski definition) is 4. The second-order valence-corrected chi connectivity index (χ2v) is 9.54. The van der Waals surface area contributed by atoms with Gasteiger partial charge in [0, 0.05) is 18.2 Å². The van der Waals surface area contributed by atoms with Gasteiger partial charge in [-0.25, -0.2) is 4.99 Å². The lowest BCUT2D eigenvalue weighted by atomic mass is 9.81. The Labute approximate surface area is 198 Å². The number of amidine groups is 1. The average molecular weight is 456 g/mol. The summed E-state index contributed by atoms with van der Waals surface area (Å²) < 4.78 is 0. The molecule has 1 fully saturated rings. The first-order valence-corrected chi connectivity index (χ1v) is 12.3. The molecule has 1 atom stereocenters. The molecule has 4 aliphatic rings. The first-order chi connectivity index (χ1) is 16.2. The van der Waals surface area contributed by atoms with Crippen LogP contribution in [0, 0.1) is 0 Å². The Kier molecular flexibility index (Phi) is 5.03. The number of benzene rings is 2. The number of rotatable bonds is 3. The van der Waals surface area contributed by atoms with Crippen molar-refractivity contribution in [2.75, 3.05) is 11.1 Å². The summed E-state index contributed by atoms with van der Waals surface area (Å²) in [6.07, 6.45) is 10.4. The number of anilines is 1. The van der Waals surface area contributed by atoms with Crippen molar-refractivity contribution in [3.63, 3.8) is 0 Å². The van der Waals surface area contributed by atoms with Gasteiger partial charge < -0.3 is 5.32 Å². The van der Waals surface area contributed by atoms with Crippen LogP contribution in [-0.2, 0) is 11.2 Å². The molecule has 2 aromatic carbocycles. The lowest BCUT2D eigenvalue weighted by Gasteiger charge is -2.38. The zero-order valence-corrected chi connectivity index (χ0v) is 18.9. The van der Waals surface area contributed by atoms with Crippen LogP contribution in [-0.4, -0.2) is 33.7 Å². The number of nitrogens with zero attached hydrogens (tertiary/aromatic N) is 2. The summed E-state index contributed by atoms with van der Waals surface area (Å²) in [5.74, 6) is 0.473. The molecule has 2 aliphatic heterocycles. The maximum Gasteiger partial charge on any atom is 0.255 e. The molecule has 5 nitrogen and oxygen atoms in total. The second-order valence-electron chi connectivity index (χ2n) is 8.60. The zero-order valence-electron chi connectivity index (χ0n) is 18.1. The summed E-state index contributed by atoms with van der Waals surface area (Å²) in [4.78, 5) is 32.2. The Balaban J connectivity index is 0.00000241. The van der Waals surface area contributed by atoms with Crippen LogP contribution in [0.15, 0.2) is 82.9 Å². The van der Waals surface area contributed by atoms with Crippen LogP contribution in [0.2, 0.25) is 0 Å². The summed E-state index contributed by atoms with van der Waals surface area (Å²) in [6.45, 7) is 0. The molecule has 1 unspecified atom stereocenters. The van der Waals surface area contributed by atoms with Gasteiger partial charge in [-0.1, -0.05) is 54.3 Å². The van der Waals surface area contributed by atoms with Gasteiger partial charge >= 0.3 is 0 Å². The largest absolute Gasteiger partial charge is 0.322 e. The van der Waals surface area contributed by atoms with Crippen molar-refractivity contribution in [2.45, 2.75) is 31.7 Å². The quantitative estimate of drug-likeness (QED) is 0.671. The maximum absolute atomic E-state index is 12.8. The monoisotopic (exact) mass is 455 g/mol. The highest BCUT2D eigenvalue weighted by Gasteiger charge is 2.42. The highest BCUT2D eigenvalue weighted by Crippen LogP contribution is 2.44. The number of nitrogens with one attached hydrogen (secondary N) is 1. The number of hydrogen-bond donors (Lipinski definition) is 1. The van der Waals surface area contributed by atoms with E-state index in [0.29, 0.717) is 11.3 Å². The Bertz CT molecular complexity index is 1300. The minimum Gasteiger partial charge on any atom is -0.322 e. The number of aliphatic imine (C=N–C) groups is 1. The van der Waals surface area contributed by atoms with Gasteiger partial charge in [-0.05, 0) is 66.7 Å². The summed E-state index contributed by atoms with van der Waals surface area (Å²) in [5.41, 5.74) is 7.13. The lowest BCUT2D eigenvalue weighted by molar-refractivity contribution is -0.124. The maximum atomic E-state index is 12.8. The van der Waals surface area contributed by atoms with Crippen molar-refractivity contribution >= 4 is 40.1 Å². The molecule has 0 spiro atoms. The van der Waals surface area contributed by atoms with Gasteiger partial charge in [0.15, 0.2) is 5.17 Å². The Morgan fingerprint density at radius 2 is 2.00 bits per heavy atom. The van der Waals surface area contributed by atoms with Gasteiger partial charge in [0.1, 0.15) is 0 Å². The molecule has 0 aromatic heterocycles. The molecule has 6 rings (SSSR count). The van der Waals surface area contributed by atoms with Crippen LogP contribution in [0.25, 0.3) is 5.70 Å². The fourth-order valence-corrected chi connectivity index (χ4v) is 5.91. The number of carbonyl (C=O) groups is 2. The fourth-order valence-electron chi connectivity index (χ4n) is 5.01. The van der Waals surface area contributed by atoms with Crippen molar-refractivity contribution in [3.8, 4) is 0 Å². The van der Waals surface area contributed by atoms with E-state index in [1.54, 1.807) is 0 Å². The molecule has 0 radical (unpaired) electrons. The van der Waals surface area contributed by atoms with E-state index < -0.39 is 0 Å². The van der Waals surface area contributed by atoms with E-state index in [9.17, 15) is 9.59 Å². The second kappa shape index (κ2) is 8.19. The van der Waals surface area contributed by atoms with Crippen molar-refractivity contribution in [1.29, 1.82) is 0 Å².